The molecule has 4 heteroatoms. The van der Waals surface area contributed by atoms with Crippen molar-refractivity contribution in [3.63, 3.8) is 0 Å². The van der Waals surface area contributed by atoms with Gasteiger partial charge in [-0.25, -0.2) is 0 Å². The Hall–Kier alpha value is -0.610. The molecule has 2 atom stereocenters. The number of halogens is 1. The van der Waals surface area contributed by atoms with E-state index in [2.05, 4.69) is 59.4 Å². The van der Waals surface area contributed by atoms with Gasteiger partial charge in [0.1, 0.15) is 0 Å². The average molecular weight is 352 g/mol. The van der Waals surface area contributed by atoms with Crippen molar-refractivity contribution in [3.8, 4) is 0 Å². The molecule has 2 aliphatic heterocycles. The van der Waals surface area contributed by atoms with Crippen LogP contribution in [0.1, 0.15) is 38.2 Å². The van der Waals surface area contributed by atoms with Gasteiger partial charge in [0.25, 0.3) is 0 Å². The number of nitrogens with one attached hydrogen (secondary N) is 1. The molecule has 24 heavy (non-hydrogen) atoms. The first kappa shape index (κ1) is 19.7. The zero-order valence-corrected chi connectivity index (χ0v) is 16.1. The van der Waals surface area contributed by atoms with Gasteiger partial charge in [0.2, 0.25) is 0 Å². The SMILES string of the molecule is CC1CC(N(C)CC2CCNCC2)CCN1Cc1ccccc1.Cl. The Morgan fingerprint density at radius 3 is 2.50 bits per heavy atom. The highest BCUT2D eigenvalue weighted by Gasteiger charge is 2.28. The molecule has 0 aliphatic carbocycles. The third-order valence-electron chi connectivity index (χ3n) is 5.84. The molecule has 2 fully saturated rings. The van der Waals surface area contributed by atoms with E-state index < -0.39 is 0 Å². The maximum absolute atomic E-state index is 3.48. The van der Waals surface area contributed by atoms with E-state index in [1.165, 1.54) is 57.4 Å². The zero-order chi connectivity index (χ0) is 16.1. The van der Waals surface area contributed by atoms with E-state index in [4.69, 9.17) is 0 Å². The molecule has 1 N–H and O–H groups in total. The van der Waals surface area contributed by atoms with Gasteiger partial charge < -0.3 is 10.2 Å². The molecule has 2 heterocycles. The summed E-state index contributed by atoms with van der Waals surface area (Å²) < 4.78 is 0. The Balaban J connectivity index is 0.00000208. The van der Waals surface area contributed by atoms with Crippen molar-refractivity contribution in [1.29, 1.82) is 0 Å². The summed E-state index contributed by atoms with van der Waals surface area (Å²) in [4.78, 5) is 5.32. The lowest BCUT2D eigenvalue weighted by Crippen LogP contribution is -2.49. The summed E-state index contributed by atoms with van der Waals surface area (Å²) in [5, 5.41) is 3.48. The van der Waals surface area contributed by atoms with E-state index in [1.54, 1.807) is 0 Å². The number of piperidine rings is 2. The van der Waals surface area contributed by atoms with Crippen LogP contribution in [-0.2, 0) is 6.54 Å². The molecule has 0 amide bonds. The van der Waals surface area contributed by atoms with Crippen LogP contribution in [0.4, 0.5) is 0 Å². The van der Waals surface area contributed by atoms with E-state index in [1.807, 2.05) is 0 Å². The Kier molecular flexibility index (Phi) is 8.02. The second-order valence-electron chi connectivity index (χ2n) is 7.62. The standard InChI is InChI=1S/C20H33N3.ClH/c1-17-14-20(22(2)15-19-8-11-21-12-9-19)10-13-23(17)16-18-6-4-3-5-7-18;/h3-7,17,19-21H,8-16H2,1-2H3;1H. The fourth-order valence-electron chi connectivity index (χ4n) is 4.27. The quantitative estimate of drug-likeness (QED) is 0.877. The van der Waals surface area contributed by atoms with Gasteiger partial charge in [-0.3, -0.25) is 4.90 Å². The molecular weight excluding hydrogens is 318 g/mol. The molecular formula is C20H34ClN3. The maximum Gasteiger partial charge on any atom is 0.0236 e. The van der Waals surface area contributed by atoms with E-state index in [0.717, 1.165) is 18.5 Å². The van der Waals surface area contributed by atoms with Crippen molar-refractivity contribution < 1.29 is 0 Å². The van der Waals surface area contributed by atoms with Crippen LogP contribution in [0.15, 0.2) is 30.3 Å². The topological polar surface area (TPSA) is 18.5 Å². The van der Waals surface area contributed by atoms with Gasteiger partial charge in [-0.2, -0.15) is 0 Å². The van der Waals surface area contributed by atoms with E-state index in [0.29, 0.717) is 6.04 Å². The van der Waals surface area contributed by atoms with Crippen molar-refractivity contribution in [2.75, 3.05) is 33.2 Å². The third-order valence-corrected chi connectivity index (χ3v) is 5.84. The van der Waals surface area contributed by atoms with Gasteiger partial charge in [0, 0.05) is 31.7 Å². The third kappa shape index (κ3) is 5.45. The van der Waals surface area contributed by atoms with Crippen LogP contribution in [0, 0.1) is 5.92 Å². The van der Waals surface area contributed by atoms with Gasteiger partial charge in [-0.1, -0.05) is 30.3 Å². The second kappa shape index (κ2) is 9.76. The van der Waals surface area contributed by atoms with Crippen LogP contribution in [0.25, 0.3) is 0 Å². The lowest BCUT2D eigenvalue weighted by Gasteiger charge is -2.42. The van der Waals surface area contributed by atoms with Crippen molar-refractivity contribution >= 4 is 12.4 Å². The molecule has 0 aromatic heterocycles. The molecule has 136 valence electrons. The normalized spacial score (nSPS) is 26.3. The van der Waals surface area contributed by atoms with Crippen LogP contribution >= 0.6 is 12.4 Å². The number of likely N-dealkylation sites (tertiary alicyclic amines) is 1. The summed E-state index contributed by atoms with van der Waals surface area (Å²) in [6.45, 7) is 8.46. The predicted octanol–water partition coefficient (Wildman–Crippen LogP) is 3.39. The monoisotopic (exact) mass is 351 g/mol. The summed E-state index contributed by atoms with van der Waals surface area (Å²) in [6, 6.07) is 12.4. The van der Waals surface area contributed by atoms with Gasteiger partial charge in [0.05, 0.1) is 0 Å². The minimum Gasteiger partial charge on any atom is -0.317 e. The molecule has 2 unspecified atom stereocenters. The lowest BCUT2D eigenvalue weighted by atomic mass is 9.93. The Morgan fingerprint density at radius 2 is 1.83 bits per heavy atom. The molecule has 0 spiro atoms. The Labute approximate surface area is 154 Å². The molecule has 0 saturated carbocycles. The first-order chi connectivity index (χ1) is 11.2. The molecule has 2 aliphatic rings. The zero-order valence-electron chi connectivity index (χ0n) is 15.3. The van der Waals surface area contributed by atoms with Crippen LogP contribution in [0.2, 0.25) is 0 Å². The smallest absolute Gasteiger partial charge is 0.0236 e. The second-order valence-corrected chi connectivity index (χ2v) is 7.62. The molecule has 3 nitrogen and oxygen atoms in total. The summed E-state index contributed by atoms with van der Waals surface area (Å²) >= 11 is 0. The number of hydrogen-bond acceptors (Lipinski definition) is 3. The summed E-state index contributed by atoms with van der Waals surface area (Å²) in [6.07, 6.45) is 5.34. The molecule has 0 bridgehead atoms. The highest BCUT2D eigenvalue weighted by Crippen LogP contribution is 2.24. The van der Waals surface area contributed by atoms with Gasteiger partial charge >= 0.3 is 0 Å². The van der Waals surface area contributed by atoms with E-state index in [9.17, 15) is 0 Å². The first-order valence-electron chi connectivity index (χ1n) is 9.41. The Morgan fingerprint density at radius 1 is 1.12 bits per heavy atom. The first-order valence-corrected chi connectivity index (χ1v) is 9.41. The Bertz CT molecular complexity index is 461. The number of rotatable bonds is 5. The summed E-state index contributed by atoms with van der Waals surface area (Å²) in [5.41, 5.74) is 1.45. The van der Waals surface area contributed by atoms with Crippen molar-refractivity contribution in [2.24, 2.45) is 5.92 Å². The summed E-state index contributed by atoms with van der Waals surface area (Å²) in [7, 11) is 2.35. The van der Waals surface area contributed by atoms with E-state index in [-0.39, 0.29) is 12.4 Å². The maximum atomic E-state index is 3.48. The van der Waals surface area contributed by atoms with Crippen molar-refractivity contribution in [1.82, 2.24) is 15.1 Å². The van der Waals surface area contributed by atoms with Gasteiger partial charge in [0.15, 0.2) is 0 Å². The highest BCUT2D eigenvalue weighted by molar-refractivity contribution is 5.85. The van der Waals surface area contributed by atoms with Crippen LogP contribution in [0.5, 0.6) is 0 Å². The number of benzene rings is 1. The average Bonchev–Trinajstić information content (AvgIpc) is 2.58. The highest BCUT2D eigenvalue weighted by atomic mass is 35.5. The van der Waals surface area contributed by atoms with Crippen LogP contribution in [-0.4, -0.2) is 55.1 Å². The van der Waals surface area contributed by atoms with Crippen molar-refractivity contribution in [3.05, 3.63) is 35.9 Å². The minimum atomic E-state index is 0. The van der Waals surface area contributed by atoms with Gasteiger partial charge in [-0.15, -0.1) is 12.4 Å². The largest absolute Gasteiger partial charge is 0.317 e. The van der Waals surface area contributed by atoms with Gasteiger partial charge in [-0.05, 0) is 64.2 Å². The minimum absolute atomic E-state index is 0. The predicted molar refractivity (Wildman–Crippen MR) is 105 cm³/mol. The van der Waals surface area contributed by atoms with E-state index >= 15 is 0 Å². The van der Waals surface area contributed by atoms with Crippen LogP contribution in [0.3, 0.4) is 0 Å². The molecule has 0 radical (unpaired) electrons. The molecule has 2 saturated heterocycles. The number of nitrogens with zero attached hydrogens (tertiary/aromatic N) is 2. The number of hydrogen-bond donors (Lipinski definition) is 1. The molecule has 1 aromatic carbocycles. The summed E-state index contributed by atoms with van der Waals surface area (Å²) in [5.74, 6) is 0.902. The fraction of sp³-hybridized carbons (Fsp3) is 0.700. The molecule has 1 aromatic rings. The van der Waals surface area contributed by atoms with Crippen molar-refractivity contribution in [2.45, 2.75) is 51.2 Å². The fourth-order valence-corrected chi connectivity index (χ4v) is 4.27. The van der Waals surface area contributed by atoms with Crippen LogP contribution < -0.4 is 5.32 Å². The molecule has 3 rings (SSSR count). The lowest BCUT2D eigenvalue weighted by molar-refractivity contribution is 0.0700.